The van der Waals surface area contributed by atoms with Crippen molar-refractivity contribution in [2.24, 2.45) is 0 Å². The Labute approximate surface area is 144 Å². The van der Waals surface area contributed by atoms with Gasteiger partial charge in [0.2, 0.25) is 0 Å². The number of ether oxygens (including phenoxy) is 1. The van der Waals surface area contributed by atoms with E-state index >= 15 is 0 Å². The lowest BCUT2D eigenvalue weighted by atomic mass is 10.3. The zero-order valence-corrected chi connectivity index (χ0v) is 14.1. The summed E-state index contributed by atoms with van der Waals surface area (Å²) >= 11 is 14.9. The number of rotatable bonds is 4. The van der Waals surface area contributed by atoms with Gasteiger partial charge in [-0.15, -0.1) is 0 Å². The average molecular weight is 404 g/mol. The molecule has 2 rings (SSSR count). The molecule has 1 N–H and O–H groups in total. The van der Waals surface area contributed by atoms with Crippen molar-refractivity contribution in [1.29, 1.82) is 0 Å². The van der Waals surface area contributed by atoms with E-state index in [-0.39, 0.29) is 5.56 Å². The summed E-state index contributed by atoms with van der Waals surface area (Å²) in [6.07, 6.45) is 2.88. The minimum absolute atomic E-state index is 0.239. The van der Waals surface area contributed by atoms with Gasteiger partial charge in [0.1, 0.15) is 0 Å². The first-order valence-electron chi connectivity index (χ1n) is 5.98. The number of carbonyl (C=O) groups is 2. The van der Waals surface area contributed by atoms with Crippen LogP contribution in [0.4, 0.5) is 5.69 Å². The number of pyridine rings is 1. The molecule has 0 unspecified atom stereocenters. The van der Waals surface area contributed by atoms with E-state index in [2.05, 4.69) is 26.2 Å². The molecule has 0 spiro atoms. The maximum Gasteiger partial charge on any atom is 0.340 e. The predicted molar refractivity (Wildman–Crippen MR) is 87.3 cm³/mol. The first kappa shape index (κ1) is 16.7. The fraction of sp³-hybridized carbons (Fsp3) is 0.0714. The lowest BCUT2D eigenvalue weighted by Gasteiger charge is -2.08. The fourth-order valence-corrected chi connectivity index (χ4v) is 2.22. The van der Waals surface area contributed by atoms with Crippen LogP contribution in [0, 0.1) is 0 Å². The van der Waals surface area contributed by atoms with Gasteiger partial charge < -0.3 is 10.1 Å². The lowest BCUT2D eigenvalue weighted by molar-refractivity contribution is -0.119. The van der Waals surface area contributed by atoms with Crippen molar-refractivity contribution in [1.82, 2.24) is 4.98 Å². The molecule has 0 saturated heterocycles. The van der Waals surface area contributed by atoms with Crippen LogP contribution in [-0.4, -0.2) is 23.5 Å². The molecule has 1 heterocycles. The van der Waals surface area contributed by atoms with Gasteiger partial charge in [-0.2, -0.15) is 0 Å². The van der Waals surface area contributed by atoms with E-state index in [1.807, 2.05) is 0 Å². The summed E-state index contributed by atoms with van der Waals surface area (Å²) in [6.45, 7) is -0.450. The van der Waals surface area contributed by atoms with Gasteiger partial charge in [0.25, 0.3) is 5.91 Å². The summed E-state index contributed by atoms with van der Waals surface area (Å²) in [4.78, 5) is 27.4. The molecule has 0 saturated carbocycles. The number of esters is 1. The number of amides is 1. The van der Waals surface area contributed by atoms with Gasteiger partial charge in [-0.25, -0.2) is 4.79 Å². The number of carbonyl (C=O) groups excluding carboxylic acids is 2. The van der Waals surface area contributed by atoms with Crippen LogP contribution in [0.3, 0.4) is 0 Å². The third-order valence-electron chi connectivity index (χ3n) is 2.48. The van der Waals surface area contributed by atoms with Gasteiger partial charge in [0, 0.05) is 21.9 Å². The number of nitrogens with one attached hydrogen (secondary N) is 1. The van der Waals surface area contributed by atoms with Crippen LogP contribution in [-0.2, 0) is 9.53 Å². The van der Waals surface area contributed by atoms with Crippen molar-refractivity contribution >= 4 is 56.7 Å². The number of anilines is 1. The molecular formula is C14H9BrCl2N2O3. The topological polar surface area (TPSA) is 68.3 Å². The summed E-state index contributed by atoms with van der Waals surface area (Å²) in [7, 11) is 0. The van der Waals surface area contributed by atoms with Gasteiger partial charge in [-0.3, -0.25) is 9.78 Å². The summed E-state index contributed by atoms with van der Waals surface area (Å²) in [5.74, 6) is -1.18. The molecule has 0 aliphatic rings. The van der Waals surface area contributed by atoms with E-state index in [0.29, 0.717) is 20.2 Å². The molecule has 0 radical (unpaired) electrons. The molecule has 8 heteroatoms. The molecule has 0 aliphatic carbocycles. The second-order valence-electron chi connectivity index (χ2n) is 4.14. The molecule has 1 amide bonds. The van der Waals surface area contributed by atoms with E-state index in [1.165, 1.54) is 18.5 Å². The van der Waals surface area contributed by atoms with Crippen LogP contribution in [0.1, 0.15) is 10.4 Å². The van der Waals surface area contributed by atoms with E-state index in [4.69, 9.17) is 27.9 Å². The second kappa shape index (κ2) is 7.58. The molecular weight excluding hydrogens is 395 g/mol. The Bertz CT molecular complexity index is 725. The summed E-state index contributed by atoms with van der Waals surface area (Å²) < 4.78 is 5.54. The van der Waals surface area contributed by atoms with Crippen LogP contribution in [0.15, 0.2) is 41.1 Å². The SMILES string of the molecule is O=C(COC(=O)c1cncc(Br)c1)Nc1cc(Cl)ccc1Cl. The summed E-state index contributed by atoms with van der Waals surface area (Å²) in [5, 5.41) is 3.27. The van der Waals surface area contributed by atoms with Crippen molar-refractivity contribution in [2.75, 3.05) is 11.9 Å². The Kier molecular flexibility index (Phi) is 5.76. The Balaban J connectivity index is 1.93. The maximum absolute atomic E-state index is 11.8. The van der Waals surface area contributed by atoms with E-state index in [9.17, 15) is 9.59 Å². The zero-order chi connectivity index (χ0) is 16.1. The van der Waals surface area contributed by atoms with Crippen LogP contribution in [0.2, 0.25) is 10.0 Å². The largest absolute Gasteiger partial charge is 0.452 e. The molecule has 2 aromatic rings. The lowest BCUT2D eigenvalue weighted by Crippen LogP contribution is -2.21. The van der Waals surface area contributed by atoms with Crippen molar-refractivity contribution in [3.05, 3.63) is 56.7 Å². The van der Waals surface area contributed by atoms with E-state index in [1.54, 1.807) is 18.2 Å². The van der Waals surface area contributed by atoms with Crippen molar-refractivity contribution in [3.63, 3.8) is 0 Å². The number of hydrogen-bond acceptors (Lipinski definition) is 4. The van der Waals surface area contributed by atoms with Gasteiger partial charge in [0.05, 0.1) is 16.3 Å². The van der Waals surface area contributed by atoms with Crippen LogP contribution < -0.4 is 5.32 Å². The minimum atomic E-state index is -0.652. The van der Waals surface area contributed by atoms with Gasteiger partial charge >= 0.3 is 5.97 Å². The number of aromatic nitrogens is 1. The number of nitrogens with zero attached hydrogens (tertiary/aromatic N) is 1. The Hall–Kier alpha value is -1.63. The van der Waals surface area contributed by atoms with Crippen LogP contribution in [0.25, 0.3) is 0 Å². The van der Waals surface area contributed by atoms with Gasteiger partial charge in [-0.05, 0) is 40.2 Å². The van der Waals surface area contributed by atoms with Crippen molar-refractivity contribution < 1.29 is 14.3 Å². The van der Waals surface area contributed by atoms with Gasteiger partial charge in [-0.1, -0.05) is 23.2 Å². The average Bonchev–Trinajstić information content (AvgIpc) is 2.48. The predicted octanol–water partition coefficient (Wildman–Crippen LogP) is 3.95. The quantitative estimate of drug-likeness (QED) is 0.785. The Morgan fingerprint density at radius 3 is 2.73 bits per heavy atom. The second-order valence-corrected chi connectivity index (χ2v) is 5.90. The fourth-order valence-electron chi connectivity index (χ4n) is 1.52. The van der Waals surface area contributed by atoms with E-state index < -0.39 is 18.5 Å². The van der Waals surface area contributed by atoms with Crippen molar-refractivity contribution in [3.8, 4) is 0 Å². The highest BCUT2D eigenvalue weighted by Crippen LogP contribution is 2.25. The summed E-state index contributed by atoms with van der Waals surface area (Å²) in [5.41, 5.74) is 0.585. The smallest absolute Gasteiger partial charge is 0.340 e. The first-order chi connectivity index (χ1) is 10.5. The highest BCUT2D eigenvalue weighted by atomic mass is 79.9. The molecule has 5 nitrogen and oxygen atoms in total. The molecule has 0 bridgehead atoms. The molecule has 22 heavy (non-hydrogen) atoms. The maximum atomic E-state index is 11.8. The monoisotopic (exact) mass is 402 g/mol. The molecule has 1 aromatic carbocycles. The first-order valence-corrected chi connectivity index (χ1v) is 7.53. The third kappa shape index (κ3) is 4.69. The van der Waals surface area contributed by atoms with E-state index in [0.717, 1.165) is 0 Å². The summed E-state index contributed by atoms with van der Waals surface area (Å²) in [6, 6.07) is 6.20. The molecule has 114 valence electrons. The standard InChI is InChI=1S/C14H9BrCl2N2O3/c15-9-3-8(5-18-6-9)14(21)22-7-13(20)19-12-4-10(16)1-2-11(12)17/h1-6H,7H2,(H,19,20). The zero-order valence-electron chi connectivity index (χ0n) is 11.0. The van der Waals surface area contributed by atoms with Gasteiger partial charge in [0.15, 0.2) is 6.61 Å². The molecule has 1 aromatic heterocycles. The highest BCUT2D eigenvalue weighted by molar-refractivity contribution is 9.10. The van der Waals surface area contributed by atoms with Crippen molar-refractivity contribution in [2.45, 2.75) is 0 Å². The minimum Gasteiger partial charge on any atom is -0.452 e. The normalized spacial score (nSPS) is 10.1. The highest BCUT2D eigenvalue weighted by Gasteiger charge is 2.12. The van der Waals surface area contributed by atoms with Crippen LogP contribution in [0.5, 0.6) is 0 Å². The number of hydrogen-bond donors (Lipinski definition) is 1. The number of benzene rings is 1. The van der Waals surface area contributed by atoms with Crippen LogP contribution >= 0.6 is 39.1 Å². The Morgan fingerprint density at radius 2 is 2.00 bits per heavy atom. The Morgan fingerprint density at radius 1 is 1.23 bits per heavy atom. The number of halogens is 3. The third-order valence-corrected chi connectivity index (χ3v) is 3.48. The molecule has 0 fully saturated rings. The molecule has 0 atom stereocenters. The molecule has 0 aliphatic heterocycles.